The highest BCUT2D eigenvalue weighted by atomic mass is 31.2. The van der Waals surface area contributed by atoms with Gasteiger partial charge in [0, 0.05) is 0 Å². The number of likely N-dealkylation sites (tertiary alicyclic amines) is 1. The molecule has 1 aliphatic heterocycles. The number of rotatable bonds is 1. The van der Waals surface area contributed by atoms with Crippen LogP contribution >= 0.6 is 7.14 Å². The van der Waals surface area contributed by atoms with E-state index in [0.29, 0.717) is 0 Å². The first kappa shape index (κ1) is 13.5. The van der Waals surface area contributed by atoms with E-state index in [0.717, 1.165) is 0 Å². The number of nitrogens with zero attached hydrogens (tertiary/aromatic N) is 1. The number of β-amino-alcohol motifs (C(OH)–C–C–N with tert-alkyl or cyclic N) is 1. The highest BCUT2D eigenvalue weighted by molar-refractivity contribution is 7.63. The highest BCUT2D eigenvalue weighted by Gasteiger charge is 2.52. The molecule has 0 radical (unpaired) electrons. The Morgan fingerprint density at radius 3 is 2.12 bits per heavy atom. The molecule has 0 aromatic carbocycles. The van der Waals surface area contributed by atoms with Crippen molar-refractivity contribution in [2.24, 2.45) is 0 Å². The molecule has 1 amide bonds. The van der Waals surface area contributed by atoms with Gasteiger partial charge in [-0.25, -0.2) is 4.79 Å². The van der Waals surface area contributed by atoms with Crippen molar-refractivity contribution in [2.75, 3.05) is 26.4 Å². The van der Waals surface area contributed by atoms with Crippen molar-refractivity contribution in [1.82, 2.24) is 4.90 Å². The van der Waals surface area contributed by atoms with Crippen LogP contribution < -0.4 is 0 Å². The van der Waals surface area contributed by atoms with E-state index in [-0.39, 0.29) is 13.1 Å². The smallest absolute Gasteiger partial charge is 0.410 e. The van der Waals surface area contributed by atoms with Gasteiger partial charge in [-0.1, -0.05) is 0 Å². The van der Waals surface area contributed by atoms with E-state index < -0.39 is 24.2 Å². The first-order valence-electron chi connectivity index (χ1n) is 5.20. The van der Waals surface area contributed by atoms with Crippen LogP contribution in [0.25, 0.3) is 0 Å². The van der Waals surface area contributed by atoms with Crippen LogP contribution in [0, 0.1) is 0 Å². The maximum Gasteiger partial charge on any atom is 0.410 e. The summed E-state index contributed by atoms with van der Waals surface area (Å²) in [4.78, 5) is 12.9. The van der Waals surface area contributed by atoms with Crippen LogP contribution in [0.5, 0.6) is 0 Å². The summed E-state index contributed by atoms with van der Waals surface area (Å²) in [6.45, 7) is 8.57. The molecule has 5 nitrogen and oxygen atoms in total. The van der Waals surface area contributed by atoms with Gasteiger partial charge < -0.3 is 19.3 Å². The van der Waals surface area contributed by atoms with Crippen molar-refractivity contribution >= 4 is 13.2 Å². The second-order valence-corrected chi connectivity index (χ2v) is 9.20. The Hall–Kier alpha value is -0.540. The van der Waals surface area contributed by atoms with E-state index in [9.17, 15) is 14.5 Å². The van der Waals surface area contributed by atoms with Crippen LogP contribution in [-0.4, -0.2) is 53.5 Å². The third-order valence-electron chi connectivity index (χ3n) is 2.54. The number of hydrogen-bond acceptors (Lipinski definition) is 4. The minimum Gasteiger partial charge on any atom is -0.444 e. The molecular formula is C10H20NO4P. The zero-order valence-electron chi connectivity index (χ0n) is 10.5. The van der Waals surface area contributed by atoms with Crippen LogP contribution in [0.2, 0.25) is 0 Å². The Morgan fingerprint density at radius 2 is 1.81 bits per heavy atom. The van der Waals surface area contributed by atoms with Gasteiger partial charge >= 0.3 is 6.09 Å². The van der Waals surface area contributed by atoms with Crippen LogP contribution in [-0.2, 0) is 9.30 Å². The van der Waals surface area contributed by atoms with Crippen molar-refractivity contribution in [3.05, 3.63) is 0 Å². The number of carbonyl (C=O) groups is 1. The van der Waals surface area contributed by atoms with Gasteiger partial charge in [-0.2, -0.15) is 0 Å². The Labute approximate surface area is 96.1 Å². The standard InChI is InChI=1S/C10H20NO4P/c1-9(2,3)15-8(12)11-6-10(13,7-11)16(4,5)14/h13H,6-7H2,1-5H3. The van der Waals surface area contributed by atoms with Crippen molar-refractivity contribution in [3.8, 4) is 0 Å². The lowest BCUT2D eigenvalue weighted by atomic mass is 10.1. The Bertz CT molecular complexity index is 335. The lowest BCUT2D eigenvalue weighted by Gasteiger charge is -2.48. The highest BCUT2D eigenvalue weighted by Crippen LogP contribution is 2.54. The van der Waals surface area contributed by atoms with Gasteiger partial charge in [0.05, 0.1) is 13.1 Å². The van der Waals surface area contributed by atoms with Gasteiger partial charge in [-0.15, -0.1) is 0 Å². The molecule has 1 fully saturated rings. The first-order chi connectivity index (χ1) is 6.95. The van der Waals surface area contributed by atoms with Crippen LogP contribution in [0.3, 0.4) is 0 Å². The van der Waals surface area contributed by atoms with Gasteiger partial charge in [-0.05, 0) is 34.1 Å². The molecule has 0 atom stereocenters. The zero-order chi connectivity index (χ0) is 12.8. The lowest BCUT2D eigenvalue weighted by Crippen LogP contribution is -2.63. The minimum atomic E-state index is -2.60. The van der Waals surface area contributed by atoms with Crippen molar-refractivity contribution in [3.63, 3.8) is 0 Å². The summed E-state index contributed by atoms with van der Waals surface area (Å²) in [5, 5.41) is 8.72. The van der Waals surface area contributed by atoms with Crippen LogP contribution in [0.1, 0.15) is 20.8 Å². The van der Waals surface area contributed by atoms with Crippen molar-refractivity contribution in [1.29, 1.82) is 0 Å². The molecule has 1 heterocycles. The van der Waals surface area contributed by atoms with Crippen molar-refractivity contribution < 1.29 is 19.2 Å². The van der Waals surface area contributed by atoms with Gasteiger partial charge in [0.25, 0.3) is 0 Å². The molecule has 1 aliphatic rings. The third-order valence-corrected chi connectivity index (χ3v) is 4.83. The average Bonchev–Trinajstić information content (AvgIpc) is 1.92. The van der Waals surface area contributed by atoms with E-state index in [2.05, 4.69) is 0 Å². The third kappa shape index (κ3) is 2.77. The molecule has 16 heavy (non-hydrogen) atoms. The summed E-state index contributed by atoms with van der Waals surface area (Å²) in [6.07, 6.45) is -0.467. The second-order valence-electron chi connectivity index (χ2n) is 5.67. The van der Waals surface area contributed by atoms with Gasteiger partial charge in [0.1, 0.15) is 12.7 Å². The molecule has 0 saturated carbocycles. The van der Waals surface area contributed by atoms with E-state index in [1.54, 1.807) is 20.8 Å². The van der Waals surface area contributed by atoms with Gasteiger partial charge in [0.15, 0.2) is 5.34 Å². The SMILES string of the molecule is CC(C)(C)OC(=O)N1CC(O)(P(C)(C)=O)C1. The molecular weight excluding hydrogens is 229 g/mol. The summed E-state index contributed by atoms with van der Waals surface area (Å²) in [7, 11) is -2.60. The number of amides is 1. The van der Waals surface area contributed by atoms with E-state index in [4.69, 9.17) is 4.74 Å². The molecule has 6 heteroatoms. The fraction of sp³-hybridized carbons (Fsp3) is 0.900. The molecule has 0 aromatic rings. The number of hydrogen-bond donors (Lipinski definition) is 1. The Balaban J connectivity index is 2.54. The fourth-order valence-electron chi connectivity index (χ4n) is 1.36. The summed E-state index contributed by atoms with van der Waals surface area (Å²) >= 11 is 0. The molecule has 0 spiro atoms. The predicted molar refractivity (Wildman–Crippen MR) is 62.2 cm³/mol. The Morgan fingerprint density at radius 1 is 1.38 bits per heavy atom. The van der Waals surface area contributed by atoms with Crippen molar-refractivity contribution in [2.45, 2.75) is 31.7 Å². The van der Waals surface area contributed by atoms with Crippen LogP contribution in [0.15, 0.2) is 0 Å². The number of aliphatic hydroxyl groups is 1. The summed E-state index contributed by atoms with van der Waals surface area (Å²) < 4.78 is 16.9. The summed E-state index contributed by atoms with van der Waals surface area (Å²) in [5.41, 5.74) is -0.549. The second kappa shape index (κ2) is 3.74. The maximum atomic E-state index is 11.7. The van der Waals surface area contributed by atoms with Gasteiger partial charge in [-0.3, -0.25) is 0 Å². The number of ether oxygens (including phenoxy) is 1. The average molecular weight is 249 g/mol. The van der Waals surface area contributed by atoms with E-state index in [1.165, 1.54) is 18.2 Å². The van der Waals surface area contributed by atoms with Crippen LogP contribution in [0.4, 0.5) is 4.79 Å². The number of carbonyl (C=O) groups excluding carboxylic acids is 1. The van der Waals surface area contributed by atoms with Gasteiger partial charge in [0.2, 0.25) is 0 Å². The molecule has 94 valence electrons. The molecule has 1 rings (SSSR count). The summed E-state index contributed by atoms with van der Waals surface area (Å²) in [5.74, 6) is 0. The topological polar surface area (TPSA) is 66.8 Å². The molecule has 0 aliphatic carbocycles. The van der Waals surface area contributed by atoms with E-state index >= 15 is 0 Å². The zero-order valence-corrected chi connectivity index (χ0v) is 11.4. The predicted octanol–water partition coefficient (Wildman–Crippen LogP) is 1.55. The molecule has 0 bridgehead atoms. The monoisotopic (exact) mass is 249 g/mol. The first-order valence-corrected chi connectivity index (χ1v) is 7.80. The largest absolute Gasteiger partial charge is 0.444 e. The normalized spacial score (nSPS) is 20.2. The Kier molecular flexibility index (Phi) is 3.16. The molecule has 0 unspecified atom stereocenters. The lowest BCUT2D eigenvalue weighted by molar-refractivity contribution is -0.0516. The molecule has 0 aromatic heterocycles. The minimum absolute atomic E-state index is 0.0895. The summed E-state index contributed by atoms with van der Waals surface area (Å²) in [6, 6.07) is 0. The fourth-order valence-corrected chi connectivity index (χ4v) is 2.38. The quantitative estimate of drug-likeness (QED) is 0.716. The molecule has 1 saturated heterocycles. The van der Waals surface area contributed by atoms with E-state index in [1.807, 2.05) is 0 Å². The maximum absolute atomic E-state index is 11.7. The molecule has 1 N–H and O–H groups in total.